The van der Waals surface area contributed by atoms with Crippen LogP contribution in [0.2, 0.25) is 5.02 Å². The maximum Gasteiger partial charge on any atom is 0.327 e. The fourth-order valence-electron chi connectivity index (χ4n) is 2.90. The molecular weight excluding hydrogens is 472 g/mol. The second-order valence-electron chi connectivity index (χ2n) is 6.96. The molecule has 0 aliphatic rings. The van der Waals surface area contributed by atoms with E-state index in [2.05, 4.69) is 15.6 Å². The molecule has 3 amide bonds. The summed E-state index contributed by atoms with van der Waals surface area (Å²) in [6.45, 7) is 1.94. The van der Waals surface area contributed by atoms with Gasteiger partial charge in [-0.1, -0.05) is 48.4 Å². The molecule has 8 nitrogen and oxygen atoms in total. The van der Waals surface area contributed by atoms with Crippen molar-refractivity contribution in [1.29, 1.82) is 5.41 Å². The third kappa shape index (κ3) is 5.90. The average Bonchev–Trinajstić information content (AvgIpc) is 3.14. The molecule has 2 aromatic carbocycles. The zero-order chi connectivity index (χ0) is 23.3. The minimum absolute atomic E-state index is 0.131. The van der Waals surface area contributed by atoms with E-state index >= 15 is 0 Å². The number of carbonyl (C=O) groups excluding carboxylic acids is 2. The lowest BCUT2D eigenvalue weighted by molar-refractivity contribution is 0.0967. The number of imide groups is 1. The lowest BCUT2D eigenvalue weighted by Gasteiger charge is -2.05. The predicted octanol–water partition coefficient (Wildman–Crippen LogP) is 4.90. The molecule has 0 spiro atoms. The van der Waals surface area contributed by atoms with Gasteiger partial charge in [-0.05, 0) is 43.2 Å². The molecule has 0 saturated heterocycles. The van der Waals surface area contributed by atoms with Crippen molar-refractivity contribution in [1.82, 2.24) is 10.3 Å². The summed E-state index contributed by atoms with van der Waals surface area (Å²) in [6, 6.07) is 10.1. The van der Waals surface area contributed by atoms with Gasteiger partial charge < -0.3 is 5.41 Å². The van der Waals surface area contributed by atoms with Gasteiger partial charge in [0, 0.05) is 5.71 Å². The molecule has 0 radical (unpaired) electrons. The first-order valence-electron chi connectivity index (χ1n) is 9.76. The average molecular weight is 493 g/mol. The van der Waals surface area contributed by atoms with Crippen LogP contribution in [0.1, 0.15) is 36.5 Å². The summed E-state index contributed by atoms with van der Waals surface area (Å²) in [5.41, 5.74) is 1.09. The maximum atomic E-state index is 12.6. The van der Waals surface area contributed by atoms with Gasteiger partial charge in [0.05, 0.1) is 31.5 Å². The van der Waals surface area contributed by atoms with Crippen LogP contribution in [0.15, 0.2) is 47.4 Å². The number of halogens is 1. The van der Waals surface area contributed by atoms with Crippen molar-refractivity contribution in [3.05, 3.63) is 53.1 Å². The molecule has 0 fully saturated rings. The van der Waals surface area contributed by atoms with Gasteiger partial charge >= 0.3 is 6.03 Å². The SMILES string of the molecule is CCCC(=N)CCS(=O)(=O)c1ccc2nc(NC(=O)NC(=O)c3ccccc3Cl)sc2c1. The first-order chi connectivity index (χ1) is 15.2. The summed E-state index contributed by atoms with van der Waals surface area (Å²) in [5, 5.41) is 12.9. The van der Waals surface area contributed by atoms with Crippen LogP contribution < -0.4 is 10.6 Å². The Morgan fingerprint density at radius 1 is 1.16 bits per heavy atom. The number of thiazole rings is 1. The molecule has 1 aromatic heterocycles. The number of sulfone groups is 1. The molecule has 11 heteroatoms. The van der Waals surface area contributed by atoms with Gasteiger partial charge in [0.25, 0.3) is 5.91 Å². The minimum Gasteiger partial charge on any atom is -0.310 e. The third-order valence-corrected chi connectivity index (χ3v) is 7.49. The Labute approximate surface area is 194 Å². The summed E-state index contributed by atoms with van der Waals surface area (Å²) in [7, 11) is -3.55. The molecule has 1 heterocycles. The van der Waals surface area contributed by atoms with E-state index in [0.29, 0.717) is 22.3 Å². The highest BCUT2D eigenvalue weighted by Gasteiger charge is 2.18. The second-order valence-corrected chi connectivity index (χ2v) is 10.5. The number of amides is 3. The van der Waals surface area contributed by atoms with Gasteiger partial charge in [-0.3, -0.25) is 15.4 Å². The van der Waals surface area contributed by atoms with Crippen molar-refractivity contribution in [2.24, 2.45) is 0 Å². The molecule has 3 rings (SSSR count). The van der Waals surface area contributed by atoms with Crippen LogP contribution in [-0.4, -0.2) is 36.8 Å². The summed E-state index contributed by atoms with van der Waals surface area (Å²) in [5.74, 6) is -0.787. The molecule has 3 N–H and O–H groups in total. The molecule has 0 aliphatic heterocycles. The van der Waals surface area contributed by atoms with Gasteiger partial charge in [0.15, 0.2) is 15.0 Å². The van der Waals surface area contributed by atoms with E-state index in [-0.39, 0.29) is 32.8 Å². The standard InChI is InChI=1S/C21H21ClN4O4S2/c1-2-5-13(23)10-11-32(29,30)14-8-9-17-18(12-14)31-21(24-17)26-20(28)25-19(27)15-6-3-4-7-16(15)22/h3-4,6-9,12,23H,2,5,10-11H2,1H3,(H2,24,25,26,27,28). The smallest absolute Gasteiger partial charge is 0.310 e. The normalized spacial score (nSPS) is 11.3. The number of anilines is 1. The van der Waals surface area contributed by atoms with Gasteiger partial charge in [-0.2, -0.15) is 0 Å². The Morgan fingerprint density at radius 2 is 1.91 bits per heavy atom. The minimum atomic E-state index is -3.55. The maximum absolute atomic E-state index is 12.6. The third-order valence-electron chi connectivity index (χ3n) is 4.51. The van der Waals surface area contributed by atoms with Crippen molar-refractivity contribution in [3.8, 4) is 0 Å². The lowest BCUT2D eigenvalue weighted by Crippen LogP contribution is -2.34. The molecule has 168 valence electrons. The topological polar surface area (TPSA) is 129 Å². The van der Waals surface area contributed by atoms with E-state index in [1.54, 1.807) is 24.3 Å². The zero-order valence-corrected chi connectivity index (χ0v) is 19.5. The summed E-state index contributed by atoms with van der Waals surface area (Å²) in [4.78, 5) is 28.8. The van der Waals surface area contributed by atoms with Gasteiger partial charge in [-0.15, -0.1) is 0 Å². The van der Waals surface area contributed by atoms with Gasteiger partial charge in [0.2, 0.25) is 0 Å². The number of nitrogens with zero attached hydrogens (tertiary/aromatic N) is 1. The number of fused-ring (bicyclic) bond motifs is 1. The number of carbonyl (C=O) groups is 2. The number of nitrogens with one attached hydrogen (secondary N) is 3. The Balaban J connectivity index is 1.69. The molecule has 32 heavy (non-hydrogen) atoms. The Bertz CT molecular complexity index is 1290. The highest BCUT2D eigenvalue weighted by molar-refractivity contribution is 7.91. The van der Waals surface area contributed by atoms with E-state index in [9.17, 15) is 18.0 Å². The van der Waals surface area contributed by atoms with Crippen LogP contribution >= 0.6 is 22.9 Å². The first kappa shape index (κ1) is 23.8. The largest absolute Gasteiger partial charge is 0.327 e. The highest BCUT2D eigenvalue weighted by atomic mass is 35.5. The zero-order valence-electron chi connectivity index (χ0n) is 17.1. The summed E-state index contributed by atoms with van der Waals surface area (Å²) >= 11 is 7.05. The van der Waals surface area contributed by atoms with E-state index in [1.807, 2.05) is 6.92 Å². The quantitative estimate of drug-likeness (QED) is 0.385. The molecule has 0 saturated carbocycles. The first-order valence-corrected chi connectivity index (χ1v) is 12.6. The van der Waals surface area contributed by atoms with Gasteiger partial charge in [-0.25, -0.2) is 18.2 Å². The van der Waals surface area contributed by atoms with Crippen molar-refractivity contribution in [2.45, 2.75) is 31.1 Å². The number of rotatable bonds is 8. The van der Waals surface area contributed by atoms with E-state index < -0.39 is 21.8 Å². The van der Waals surface area contributed by atoms with E-state index in [0.717, 1.165) is 17.8 Å². The number of hydrogen-bond donors (Lipinski definition) is 3. The van der Waals surface area contributed by atoms with Crippen LogP contribution in [-0.2, 0) is 9.84 Å². The van der Waals surface area contributed by atoms with Crippen LogP contribution in [0.4, 0.5) is 9.93 Å². The lowest BCUT2D eigenvalue weighted by atomic mass is 10.2. The number of aromatic nitrogens is 1. The number of benzene rings is 2. The summed E-state index contributed by atoms with van der Waals surface area (Å²) in [6.07, 6.45) is 1.59. The monoisotopic (exact) mass is 492 g/mol. The second kappa shape index (κ2) is 10.2. The number of urea groups is 1. The molecule has 0 aliphatic carbocycles. The Hall–Kier alpha value is -2.82. The predicted molar refractivity (Wildman–Crippen MR) is 127 cm³/mol. The Morgan fingerprint density at radius 3 is 2.62 bits per heavy atom. The fourth-order valence-corrected chi connectivity index (χ4v) is 5.42. The summed E-state index contributed by atoms with van der Waals surface area (Å²) < 4.78 is 25.8. The molecular formula is C21H21ClN4O4S2. The molecule has 3 aromatic rings. The highest BCUT2D eigenvalue weighted by Crippen LogP contribution is 2.28. The van der Waals surface area contributed by atoms with Gasteiger partial charge in [0.1, 0.15) is 0 Å². The van der Waals surface area contributed by atoms with Crippen molar-refractivity contribution >= 4 is 65.8 Å². The van der Waals surface area contributed by atoms with Crippen LogP contribution in [0, 0.1) is 5.41 Å². The van der Waals surface area contributed by atoms with Crippen molar-refractivity contribution in [2.75, 3.05) is 11.1 Å². The fraction of sp³-hybridized carbons (Fsp3) is 0.238. The molecule has 0 atom stereocenters. The molecule has 0 unspecified atom stereocenters. The van der Waals surface area contributed by atoms with Crippen molar-refractivity contribution in [3.63, 3.8) is 0 Å². The van der Waals surface area contributed by atoms with E-state index in [1.165, 1.54) is 18.2 Å². The van der Waals surface area contributed by atoms with Crippen molar-refractivity contribution < 1.29 is 18.0 Å². The van der Waals surface area contributed by atoms with Crippen LogP contribution in [0.25, 0.3) is 10.2 Å². The Kier molecular flexibility index (Phi) is 7.60. The molecule has 0 bridgehead atoms. The van der Waals surface area contributed by atoms with Crippen LogP contribution in [0.3, 0.4) is 0 Å². The van der Waals surface area contributed by atoms with E-state index in [4.69, 9.17) is 17.0 Å². The van der Waals surface area contributed by atoms with Crippen LogP contribution in [0.5, 0.6) is 0 Å². The number of hydrogen-bond acceptors (Lipinski definition) is 7.